The SMILES string of the molecule is CC1(C)c2ccccc2-c2ccc(N(c3ccc4c(c3)C(c3ccccc3)(c3ccccc3)c3ccccc3-4)c3cccc4c3-c3ccccc3C43c4ccccc4-n4c5ccccc5c5cccc3c54)cc21. The van der Waals surface area contributed by atoms with Crippen molar-refractivity contribution in [2.24, 2.45) is 0 Å². The van der Waals surface area contributed by atoms with Gasteiger partial charge in [0, 0.05) is 33.1 Å². The molecule has 342 valence electrons. The van der Waals surface area contributed by atoms with Crippen LogP contribution in [0.5, 0.6) is 0 Å². The van der Waals surface area contributed by atoms with Crippen LogP contribution in [0.25, 0.3) is 60.9 Å². The van der Waals surface area contributed by atoms with Gasteiger partial charge in [0.15, 0.2) is 0 Å². The van der Waals surface area contributed by atoms with Gasteiger partial charge in [-0.1, -0.05) is 226 Å². The van der Waals surface area contributed by atoms with E-state index in [4.69, 9.17) is 0 Å². The average molecular weight is 929 g/mol. The fraction of sp³-hybridized carbons (Fsp3) is 0.0704. The van der Waals surface area contributed by atoms with Gasteiger partial charge < -0.3 is 9.47 Å². The van der Waals surface area contributed by atoms with Gasteiger partial charge in [-0.15, -0.1) is 0 Å². The van der Waals surface area contributed by atoms with Gasteiger partial charge in [0.2, 0.25) is 0 Å². The molecule has 0 N–H and O–H groups in total. The Hall–Kier alpha value is -8.98. The average Bonchev–Trinajstić information content (AvgIpc) is 4.13. The van der Waals surface area contributed by atoms with Crippen molar-refractivity contribution in [2.75, 3.05) is 4.90 Å². The van der Waals surface area contributed by atoms with E-state index in [2.05, 4.69) is 278 Å². The van der Waals surface area contributed by atoms with Gasteiger partial charge in [-0.3, -0.25) is 0 Å². The quantitative estimate of drug-likeness (QED) is 0.167. The summed E-state index contributed by atoms with van der Waals surface area (Å²) in [5.41, 5.74) is 26.6. The molecule has 0 bridgehead atoms. The number of para-hydroxylation sites is 3. The van der Waals surface area contributed by atoms with Gasteiger partial charge in [0.1, 0.15) is 0 Å². The third-order valence-corrected chi connectivity index (χ3v) is 17.5. The molecule has 2 nitrogen and oxygen atoms in total. The van der Waals surface area contributed by atoms with Gasteiger partial charge in [-0.25, -0.2) is 0 Å². The fourth-order valence-electron chi connectivity index (χ4n) is 14.6. The molecular formula is C71H48N2. The zero-order chi connectivity index (χ0) is 48.2. The summed E-state index contributed by atoms with van der Waals surface area (Å²) in [6, 6.07) is 96.7. The van der Waals surface area contributed by atoms with Gasteiger partial charge in [-0.2, -0.15) is 0 Å². The Morgan fingerprint density at radius 2 is 0.822 bits per heavy atom. The maximum absolute atomic E-state index is 2.60. The highest BCUT2D eigenvalue weighted by Gasteiger charge is 2.52. The molecule has 2 heteroatoms. The molecular weight excluding hydrogens is 881 g/mol. The van der Waals surface area contributed by atoms with Crippen LogP contribution in [0, 0.1) is 0 Å². The first-order valence-corrected chi connectivity index (χ1v) is 25.8. The minimum absolute atomic E-state index is 0.193. The lowest BCUT2D eigenvalue weighted by atomic mass is 9.65. The van der Waals surface area contributed by atoms with E-state index >= 15 is 0 Å². The van der Waals surface area contributed by atoms with Crippen molar-refractivity contribution in [1.29, 1.82) is 0 Å². The van der Waals surface area contributed by atoms with Crippen molar-refractivity contribution in [1.82, 2.24) is 4.57 Å². The Balaban J connectivity index is 1.02. The van der Waals surface area contributed by atoms with Crippen LogP contribution in [0.3, 0.4) is 0 Å². The third-order valence-electron chi connectivity index (χ3n) is 17.5. The Kier molecular flexibility index (Phi) is 8.12. The first kappa shape index (κ1) is 40.7. The zero-order valence-corrected chi connectivity index (χ0v) is 40.6. The van der Waals surface area contributed by atoms with Crippen molar-refractivity contribution in [3.63, 3.8) is 0 Å². The van der Waals surface area contributed by atoms with E-state index in [1.54, 1.807) is 0 Å². The molecule has 4 aliphatic rings. The summed E-state index contributed by atoms with van der Waals surface area (Å²) in [5, 5.41) is 2.56. The highest BCUT2D eigenvalue weighted by atomic mass is 15.1. The zero-order valence-electron chi connectivity index (χ0n) is 40.6. The summed E-state index contributed by atoms with van der Waals surface area (Å²) in [6.45, 7) is 4.79. The molecule has 2 heterocycles. The molecule has 1 unspecified atom stereocenters. The maximum atomic E-state index is 2.60. The van der Waals surface area contributed by atoms with Crippen LogP contribution >= 0.6 is 0 Å². The third kappa shape index (κ3) is 5.03. The van der Waals surface area contributed by atoms with Crippen LogP contribution in [0.2, 0.25) is 0 Å². The number of hydrogen-bond acceptors (Lipinski definition) is 1. The van der Waals surface area contributed by atoms with Crippen LogP contribution in [0.15, 0.2) is 255 Å². The van der Waals surface area contributed by atoms with E-state index in [9.17, 15) is 0 Å². The standard InChI is InChI=1S/C71H48N2/c1-69(2)56-30-13-9-25-49(56)51-41-39-47(43-62(51)69)72(48-40-42-52-50-26-10-14-31-57(50)70(63(52)44-48,45-21-5-3-6-22-45)46-23-7-4-8-24-46)66-38-20-34-60-67(66)55-28-11-15-32-58(55)71(60)59-33-16-18-37-65(59)73-64-36-17-12-27-53(64)54-29-19-35-61(71)68(54)73/h3-44H,1-2H3. The fourth-order valence-corrected chi connectivity index (χ4v) is 14.6. The van der Waals surface area contributed by atoms with Crippen molar-refractivity contribution in [2.45, 2.75) is 30.1 Å². The lowest BCUT2D eigenvalue weighted by molar-refractivity contribution is 0.660. The van der Waals surface area contributed by atoms with Crippen LogP contribution in [-0.4, -0.2) is 4.57 Å². The molecule has 0 radical (unpaired) electrons. The molecule has 73 heavy (non-hydrogen) atoms. The first-order chi connectivity index (χ1) is 36.0. The molecule has 11 aromatic carbocycles. The number of aromatic nitrogens is 1. The summed E-state index contributed by atoms with van der Waals surface area (Å²) >= 11 is 0. The highest BCUT2D eigenvalue weighted by molar-refractivity contribution is 6.13. The molecule has 0 saturated carbocycles. The van der Waals surface area contributed by atoms with E-state index in [1.165, 1.54) is 117 Å². The lowest BCUT2D eigenvalue weighted by Gasteiger charge is -2.39. The van der Waals surface area contributed by atoms with E-state index in [1.807, 2.05) is 0 Å². The number of fused-ring (bicyclic) bond motifs is 18. The normalized spacial score (nSPS) is 16.4. The molecule has 1 atom stereocenters. The smallest absolute Gasteiger partial charge is 0.0755 e. The largest absolute Gasteiger partial charge is 0.310 e. The van der Waals surface area contributed by atoms with Crippen molar-refractivity contribution in [3.05, 3.63) is 310 Å². The van der Waals surface area contributed by atoms with Gasteiger partial charge in [0.25, 0.3) is 0 Å². The molecule has 1 aliphatic heterocycles. The molecule has 12 aromatic rings. The maximum Gasteiger partial charge on any atom is 0.0755 e. The Bertz CT molecular complexity index is 4270. The van der Waals surface area contributed by atoms with Crippen molar-refractivity contribution in [3.8, 4) is 39.1 Å². The molecule has 0 fully saturated rings. The van der Waals surface area contributed by atoms with Crippen LogP contribution in [-0.2, 0) is 16.2 Å². The Labute approximate surface area is 425 Å². The summed E-state index contributed by atoms with van der Waals surface area (Å²) in [6.07, 6.45) is 0. The van der Waals surface area contributed by atoms with Crippen LogP contribution < -0.4 is 4.90 Å². The van der Waals surface area contributed by atoms with E-state index in [0.29, 0.717) is 0 Å². The van der Waals surface area contributed by atoms with E-state index in [0.717, 1.165) is 17.1 Å². The van der Waals surface area contributed by atoms with Crippen molar-refractivity contribution < 1.29 is 0 Å². The topological polar surface area (TPSA) is 8.17 Å². The monoisotopic (exact) mass is 928 g/mol. The van der Waals surface area contributed by atoms with Gasteiger partial charge in [-0.05, 0) is 126 Å². The second-order valence-corrected chi connectivity index (χ2v) is 21.1. The number of rotatable bonds is 5. The summed E-state index contributed by atoms with van der Waals surface area (Å²) in [5.74, 6) is 0. The van der Waals surface area contributed by atoms with E-state index in [-0.39, 0.29) is 5.41 Å². The number of anilines is 3. The number of hydrogen-bond donors (Lipinski definition) is 0. The summed E-state index contributed by atoms with van der Waals surface area (Å²) in [4.78, 5) is 2.60. The van der Waals surface area contributed by atoms with E-state index < -0.39 is 10.8 Å². The van der Waals surface area contributed by atoms with Gasteiger partial charge >= 0.3 is 0 Å². The molecule has 3 aliphatic carbocycles. The molecule has 0 saturated heterocycles. The number of benzene rings is 11. The predicted molar refractivity (Wildman–Crippen MR) is 301 cm³/mol. The van der Waals surface area contributed by atoms with Crippen LogP contribution in [0.1, 0.15) is 69.5 Å². The second kappa shape index (κ2) is 14.6. The highest BCUT2D eigenvalue weighted by Crippen LogP contribution is 2.64. The van der Waals surface area contributed by atoms with Gasteiger partial charge in [0.05, 0.1) is 33.2 Å². The predicted octanol–water partition coefficient (Wildman–Crippen LogP) is 17.6. The molecule has 1 aromatic heterocycles. The Morgan fingerprint density at radius 1 is 0.329 bits per heavy atom. The van der Waals surface area contributed by atoms with Crippen molar-refractivity contribution >= 4 is 38.9 Å². The minimum Gasteiger partial charge on any atom is -0.310 e. The summed E-state index contributed by atoms with van der Waals surface area (Å²) in [7, 11) is 0. The number of nitrogens with zero attached hydrogens (tertiary/aromatic N) is 2. The lowest BCUT2D eigenvalue weighted by Crippen LogP contribution is -2.33. The second-order valence-electron chi connectivity index (χ2n) is 21.1. The minimum atomic E-state index is -0.592. The van der Waals surface area contributed by atoms with Crippen LogP contribution in [0.4, 0.5) is 17.1 Å². The Morgan fingerprint density at radius 3 is 1.55 bits per heavy atom. The molecule has 16 rings (SSSR count). The summed E-state index contributed by atoms with van der Waals surface area (Å²) < 4.78 is 2.54. The molecule has 0 amide bonds. The first-order valence-electron chi connectivity index (χ1n) is 25.8. The molecule has 1 spiro atoms.